The van der Waals surface area contributed by atoms with Gasteiger partial charge in [0.2, 0.25) is 0 Å². The molecular formula is C19H16N4O2S2. The Labute approximate surface area is 163 Å². The van der Waals surface area contributed by atoms with E-state index in [-0.39, 0.29) is 5.91 Å². The Morgan fingerprint density at radius 2 is 2.07 bits per heavy atom. The number of nitrogens with two attached hydrogens (primary N) is 1. The van der Waals surface area contributed by atoms with Gasteiger partial charge in [-0.3, -0.25) is 9.63 Å². The molecule has 1 amide bonds. The van der Waals surface area contributed by atoms with Crippen LogP contribution in [0.5, 0.6) is 0 Å². The minimum absolute atomic E-state index is 0.367. The smallest absolute Gasteiger partial charge is 0.287 e. The van der Waals surface area contributed by atoms with E-state index in [1.54, 1.807) is 11.3 Å². The van der Waals surface area contributed by atoms with E-state index in [1.165, 1.54) is 28.5 Å². The van der Waals surface area contributed by atoms with E-state index in [2.05, 4.69) is 23.7 Å². The summed E-state index contributed by atoms with van der Waals surface area (Å²) in [6.45, 7) is 0. The molecule has 4 aromatic rings. The highest BCUT2D eigenvalue weighted by Gasteiger charge is 2.30. The van der Waals surface area contributed by atoms with Gasteiger partial charge in [-0.1, -0.05) is 18.2 Å². The van der Waals surface area contributed by atoms with Crippen molar-refractivity contribution in [2.75, 3.05) is 12.8 Å². The fraction of sp³-hybridized carbons (Fsp3) is 0.211. The molecule has 1 saturated carbocycles. The first kappa shape index (κ1) is 16.6. The molecule has 1 aliphatic carbocycles. The van der Waals surface area contributed by atoms with Crippen LogP contribution in [0.4, 0.5) is 5.69 Å². The second kappa shape index (κ2) is 6.26. The molecule has 1 fully saturated rings. The summed E-state index contributed by atoms with van der Waals surface area (Å²) in [6.07, 6.45) is 2.21. The number of aromatic nitrogens is 2. The number of fused-ring (bicyclic) bond motifs is 2. The number of amides is 1. The Kier molecular flexibility index (Phi) is 3.85. The number of thiophene rings is 2. The lowest BCUT2D eigenvalue weighted by Gasteiger charge is -2.05. The normalized spacial score (nSPS) is 14.1. The molecule has 0 atom stereocenters. The van der Waals surface area contributed by atoms with Crippen LogP contribution in [-0.4, -0.2) is 23.0 Å². The lowest BCUT2D eigenvalue weighted by Crippen LogP contribution is -2.21. The SMILES string of the molecule is CONC(=O)c1sc2nc(C3CC3)nc(-c3cc4ccccc4s3)c2c1N. The number of hydrogen-bond acceptors (Lipinski definition) is 7. The van der Waals surface area contributed by atoms with Crippen LogP contribution in [0.1, 0.15) is 34.3 Å². The maximum atomic E-state index is 12.3. The van der Waals surface area contributed by atoms with E-state index in [0.717, 1.165) is 39.5 Å². The molecule has 136 valence electrons. The molecule has 0 aliphatic heterocycles. The number of carbonyl (C=O) groups is 1. The van der Waals surface area contributed by atoms with Crippen LogP contribution in [0.2, 0.25) is 0 Å². The predicted octanol–water partition coefficient (Wildman–Crippen LogP) is 4.32. The summed E-state index contributed by atoms with van der Waals surface area (Å²) in [7, 11) is 1.40. The summed E-state index contributed by atoms with van der Waals surface area (Å²) >= 11 is 2.96. The van der Waals surface area contributed by atoms with E-state index in [1.807, 2.05) is 12.1 Å². The van der Waals surface area contributed by atoms with E-state index in [4.69, 9.17) is 20.5 Å². The standard InChI is InChI=1S/C19H16N4O2S2/c1-25-23-18(24)16-14(20)13-15(12-8-10-4-2-3-5-11(10)26-12)21-17(9-6-7-9)22-19(13)27-16/h2-5,8-9H,6-7,20H2,1H3,(H,23,24). The van der Waals surface area contributed by atoms with Gasteiger partial charge in [-0.15, -0.1) is 22.7 Å². The Balaban J connectivity index is 1.77. The van der Waals surface area contributed by atoms with Crippen molar-refractivity contribution in [2.45, 2.75) is 18.8 Å². The van der Waals surface area contributed by atoms with Crippen molar-refractivity contribution < 1.29 is 9.63 Å². The molecule has 0 spiro atoms. The van der Waals surface area contributed by atoms with Crippen molar-refractivity contribution in [3.63, 3.8) is 0 Å². The van der Waals surface area contributed by atoms with E-state index < -0.39 is 0 Å². The first-order valence-corrected chi connectivity index (χ1v) is 10.2. The predicted molar refractivity (Wildman–Crippen MR) is 109 cm³/mol. The highest BCUT2D eigenvalue weighted by molar-refractivity contribution is 7.23. The molecule has 1 aromatic carbocycles. The Morgan fingerprint density at radius 1 is 1.26 bits per heavy atom. The van der Waals surface area contributed by atoms with Gasteiger partial charge >= 0.3 is 0 Å². The third-order valence-corrected chi connectivity index (χ3v) is 6.83. The van der Waals surface area contributed by atoms with Crippen molar-refractivity contribution in [1.82, 2.24) is 15.4 Å². The Hall–Kier alpha value is -2.55. The lowest BCUT2D eigenvalue weighted by atomic mass is 10.1. The number of rotatable bonds is 4. The highest BCUT2D eigenvalue weighted by atomic mass is 32.1. The zero-order valence-corrected chi connectivity index (χ0v) is 16.1. The Bertz CT molecular complexity index is 1160. The van der Waals surface area contributed by atoms with Gasteiger partial charge in [0.25, 0.3) is 5.91 Å². The third-order valence-electron chi connectivity index (χ3n) is 4.61. The van der Waals surface area contributed by atoms with Crippen molar-refractivity contribution in [2.24, 2.45) is 0 Å². The van der Waals surface area contributed by atoms with Gasteiger partial charge in [-0.2, -0.15) is 0 Å². The van der Waals surface area contributed by atoms with Crippen LogP contribution >= 0.6 is 22.7 Å². The first-order valence-electron chi connectivity index (χ1n) is 8.58. The number of nitrogens with one attached hydrogen (secondary N) is 1. The molecule has 0 radical (unpaired) electrons. The zero-order chi connectivity index (χ0) is 18.5. The van der Waals surface area contributed by atoms with Gasteiger partial charge in [0, 0.05) is 10.6 Å². The maximum absolute atomic E-state index is 12.3. The average molecular weight is 396 g/mol. The quantitative estimate of drug-likeness (QED) is 0.501. The van der Waals surface area contributed by atoms with Crippen LogP contribution in [0.25, 0.3) is 30.9 Å². The minimum atomic E-state index is -0.367. The van der Waals surface area contributed by atoms with E-state index >= 15 is 0 Å². The summed E-state index contributed by atoms with van der Waals surface area (Å²) in [5.74, 6) is 0.880. The molecule has 27 heavy (non-hydrogen) atoms. The first-order chi connectivity index (χ1) is 13.2. The van der Waals surface area contributed by atoms with Crippen LogP contribution in [-0.2, 0) is 4.84 Å². The van der Waals surface area contributed by atoms with Crippen molar-refractivity contribution >= 4 is 54.6 Å². The van der Waals surface area contributed by atoms with Crippen molar-refractivity contribution in [1.29, 1.82) is 0 Å². The number of nitrogens with zero attached hydrogens (tertiary/aromatic N) is 2. The van der Waals surface area contributed by atoms with Gasteiger partial charge in [-0.05, 0) is 30.4 Å². The van der Waals surface area contributed by atoms with Gasteiger partial charge in [0.15, 0.2) is 0 Å². The number of nitrogen functional groups attached to an aromatic ring is 1. The van der Waals surface area contributed by atoms with Gasteiger partial charge in [-0.25, -0.2) is 15.4 Å². The summed E-state index contributed by atoms with van der Waals surface area (Å²) < 4.78 is 1.19. The molecule has 5 rings (SSSR count). The molecule has 1 aliphatic rings. The summed E-state index contributed by atoms with van der Waals surface area (Å²) in [5, 5.41) is 1.92. The fourth-order valence-electron chi connectivity index (χ4n) is 3.15. The van der Waals surface area contributed by atoms with Crippen molar-refractivity contribution in [3.8, 4) is 10.6 Å². The molecular weight excluding hydrogens is 380 g/mol. The molecule has 0 bridgehead atoms. The van der Waals surface area contributed by atoms with Gasteiger partial charge < -0.3 is 5.73 Å². The van der Waals surface area contributed by atoms with Gasteiger partial charge in [0.05, 0.1) is 28.8 Å². The van der Waals surface area contributed by atoms with E-state index in [0.29, 0.717) is 16.5 Å². The van der Waals surface area contributed by atoms with Crippen LogP contribution in [0.3, 0.4) is 0 Å². The monoisotopic (exact) mass is 396 g/mol. The molecule has 6 nitrogen and oxygen atoms in total. The second-order valence-corrected chi connectivity index (χ2v) is 8.60. The molecule has 3 aromatic heterocycles. The number of carbonyl (C=O) groups excluding carboxylic acids is 1. The zero-order valence-electron chi connectivity index (χ0n) is 14.5. The molecule has 0 unspecified atom stereocenters. The van der Waals surface area contributed by atoms with Crippen LogP contribution in [0.15, 0.2) is 30.3 Å². The molecule has 3 heterocycles. The largest absolute Gasteiger partial charge is 0.397 e. The lowest BCUT2D eigenvalue weighted by molar-refractivity contribution is 0.0543. The molecule has 0 saturated heterocycles. The molecule has 3 N–H and O–H groups in total. The summed E-state index contributed by atoms with van der Waals surface area (Å²) in [4.78, 5) is 28.8. The second-order valence-electron chi connectivity index (χ2n) is 6.51. The van der Waals surface area contributed by atoms with Crippen molar-refractivity contribution in [3.05, 3.63) is 41.0 Å². The number of hydroxylamine groups is 1. The van der Waals surface area contributed by atoms with Crippen LogP contribution in [0, 0.1) is 0 Å². The molecule has 8 heteroatoms. The van der Waals surface area contributed by atoms with Gasteiger partial charge in [0.1, 0.15) is 15.5 Å². The number of hydrogen-bond donors (Lipinski definition) is 2. The third kappa shape index (κ3) is 2.77. The number of anilines is 1. The summed E-state index contributed by atoms with van der Waals surface area (Å²) in [5.41, 5.74) is 9.92. The number of benzene rings is 1. The van der Waals surface area contributed by atoms with E-state index in [9.17, 15) is 4.79 Å². The minimum Gasteiger partial charge on any atom is -0.397 e. The fourth-order valence-corrected chi connectivity index (χ4v) is 5.19. The highest BCUT2D eigenvalue weighted by Crippen LogP contribution is 2.45. The van der Waals surface area contributed by atoms with Crippen LogP contribution < -0.4 is 11.2 Å². The summed E-state index contributed by atoms with van der Waals surface area (Å²) in [6, 6.07) is 10.4. The Morgan fingerprint density at radius 3 is 2.81 bits per heavy atom. The average Bonchev–Trinajstić information content (AvgIpc) is 3.34. The maximum Gasteiger partial charge on any atom is 0.287 e. The topological polar surface area (TPSA) is 90.1 Å².